The van der Waals surface area contributed by atoms with E-state index in [4.69, 9.17) is 0 Å². The van der Waals surface area contributed by atoms with E-state index in [0.717, 1.165) is 21.4 Å². The lowest BCUT2D eigenvalue weighted by atomic mass is 10.2. The van der Waals surface area contributed by atoms with E-state index < -0.39 is 11.9 Å². The molecule has 2 aromatic carbocycles. The molecule has 5 nitrogen and oxygen atoms in total. The molecular formula is C21H17FN2O3S. The summed E-state index contributed by atoms with van der Waals surface area (Å²) in [7, 11) is 1.18. The van der Waals surface area contributed by atoms with Crippen molar-refractivity contribution >= 4 is 40.8 Å². The van der Waals surface area contributed by atoms with Crippen LogP contribution in [-0.4, -0.2) is 19.1 Å². The summed E-state index contributed by atoms with van der Waals surface area (Å²) in [5, 5.41) is 4.88. The molecule has 2 amide bonds. The summed E-state index contributed by atoms with van der Waals surface area (Å²) in [5.41, 5.74) is 1.38. The summed E-state index contributed by atoms with van der Waals surface area (Å²) < 4.78 is 18.2. The topological polar surface area (TPSA) is 67.4 Å². The molecule has 7 heteroatoms. The van der Waals surface area contributed by atoms with Crippen LogP contribution in [0.5, 0.6) is 0 Å². The predicted molar refractivity (Wildman–Crippen MR) is 110 cm³/mol. The fourth-order valence-electron chi connectivity index (χ4n) is 2.40. The molecule has 0 aliphatic rings. The van der Waals surface area contributed by atoms with Crippen LogP contribution in [-0.2, 0) is 9.53 Å². The molecular weight excluding hydrogens is 379 g/mol. The fourth-order valence-corrected chi connectivity index (χ4v) is 3.32. The molecule has 0 fully saturated rings. The van der Waals surface area contributed by atoms with E-state index in [2.05, 4.69) is 15.4 Å². The number of nitrogens with one attached hydrogen (secondary N) is 2. The van der Waals surface area contributed by atoms with Crippen molar-refractivity contribution in [2.45, 2.75) is 0 Å². The van der Waals surface area contributed by atoms with Gasteiger partial charge in [-0.05, 0) is 42.0 Å². The molecule has 2 N–H and O–H groups in total. The minimum atomic E-state index is -0.797. The third-order valence-corrected chi connectivity index (χ3v) is 4.84. The van der Waals surface area contributed by atoms with Gasteiger partial charge >= 0.3 is 6.09 Å². The van der Waals surface area contributed by atoms with E-state index in [1.54, 1.807) is 17.4 Å². The highest BCUT2D eigenvalue weighted by Gasteiger charge is 2.09. The zero-order valence-electron chi connectivity index (χ0n) is 14.9. The van der Waals surface area contributed by atoms with Crippen LogP contribution in [0.15, 0.2) is 66.7 Å². The van der Waals surface area contributed by atoms with E-state index in [1.165, 1.54) is 25.3 Å². The maximum absolute atomic E-state index is 13.7. The first kappa shape index (κ1) is 19.3. The summed E-state index contributed by atoms with van der Waals surface area (Å²) in [4.78, 5) is 25.4. The van der Waals surface area contributed by atoms with Gasteiger partial charge in [-0.25, -0.2) is 9.18 Å². The molecule has 1 aromatic heterocycles. The number of anilines is 2. The van der Waals surface area contributed by atoms with Gasteiger partial charge in [-0.3, -0.25) is 10.1 Å². The third-order valence-electron chi connectivity index (χ3n) is 3.74. The highest BCUT2D eigenvalue weighted by atomic mass is 32.1. The average Bonchev–Trinajstić information content (AvgIpc) is 3.18. The average molecular weight is 396 g/mol. The van der Waals surface area contributed by atoms with E-state index in [0.29, 0.717) is 5.69 Å². The van der Waals surface area contributed by atoms with Crippen LogP contribution in [0.25, 0.3) is 16.5 Å². The first-order chi connectivity index (χ1) is 13.5. The van der Waals surface area contributed by atoms with Gasteiger partial charge in [-0.15, -0.1) is 11.3 Å². The van der Waals surface area contributed by atoms with E-state index >= 15 is 0 Å². The zero-order valence-corrected chi connectivity index (χ0v) is 15.8. The number of carbonyl (C=O) groups is 2. The second-order valence-corrected chi connectivity index (χ2v) is 6.82. The molecule has 0 bridgehead atoms. The minimum absolute atomic E-state index is 0.0839. The largest absolute Gasteiger partial charge is 0.453 e. The van der Waals surface area contributed by atoms with Crippen molar-refractivity contribution in [3.05, 3.63) is 77.4 Å². The van der Waals surface area contributed by atoms with Crippen molar-refractivity contribution in [3.63, 3.8) is 0 Å². The summed E-state index contributed by atoms with van der Waals surface area (Å²) in [6.07, 6.45) is 2.32. The van der Waals surface area contributed by atoms with Gasteiger partial charge < -0.3 is 10.1 Å². The van der Waals surface area contributed by atoms with E-state index in [-0.39, 0.29) is 11.6 Å². The Hall–Kier alpha value is -3.45. The Morgan fingerprint density at radius 2 is 1.82 bits per heavy atom. The molecule has 0 saturated heterocycles. The lowest BCUT2D eigenvalue weighted by Gasteiger charge is -2.08. The molecule has 0 atom stereocenters. The Bertz CT molecular complexity index is 1020. The molecule has 0 radical (unpaired) electrons. The Morgan fingerprint density at radius 1 is 1.04 bits per heavy atom. The van der Waals surface area contributed by atoms with Crippen molar-refractivity contribution < 1.29 is 18.7 Å². The number of halogens is 1. The SMILES string of the molecule is COC(=O)Nc1cc(NC(=O)/C=C/c2ccc(-c3ccccc3)s2)ccc1F. The van der Waals surface area contributed by atoms with Crippen molar-refractivity contribution in [1.82, 2.24) is 0 Å². The van der Waals surface area contributed by atoms with Crippen molar-refractivity contribution in [2.24, 2.45) is 0 Å². The summed E-state index contributed by atoms with van der Waals surface area (Å²) in [5.74, 6) is -1.00. The number of hydrogen-bond donors (Lipinski definition) is 2. The normalized spacial score (nSPS) is 10.6. The summed E-state index contributed by atoms with van der Waals surface area (Å²) in [6, 6.07) is 17.8. The molecule has 3 aromatic rings. The maximum atomic E-state index is 13.7. The molecule has 1 heterocycles. The number of rotatable bonds is 5. The highest BCUT2D eigenvalue weighted by Crippen LogP contribution is 2.28. The van der Waals surface area contributed by atoms with Crippen LogP contribution in [0, 0.1) is 5.82 Å². The number of methoxy groups -OCH3 is 1. The molecule has 3 rings (SSSR count). The van der Waals surface area contributed by atoms with Crippen molar-refractivity contribution in [3.8, 4) is 10.4 Å². The lowest BCUT2D eigenvalue weighted by Crippen LogP contribution is -2.13. The van der Waals surface area contributed by atoms with Gasteiger partial charge in [0.25, 0.3) is 0 Å². The van der Waals surface area contributed by atoms with Crippen molar-refractivity contribution in [1.29, 1.82) is 0 Å². The van der Waals surface area contributed by atoms with Crippen LogP contribution in [0.2, 0.25) is 0 Å². The molecule has 0 unspecified atom stereocenters. The predicted octanol–water partition coefficient (Wildman–Crippen LogP) is 5.38. The third kappa shape index (κ3) is 5.05. The molecule has 0 spiro atoms. The summed E-state index contributed by atoms with van der Waals surface area (Å²) >= 11 is 1.57. The number of thiophene rings is 1. The van der Waals surface area contributed by atoms with Crippen LogP contribution in [0.3, 0.4) is 0 Å². The minimum Gasteiger partial charge on any atom is -0.453 e. The van der Waals surface area contributed by atoms with Gasteiger partial charge in [-0.1, -0.05) is 30.3 Å². The molecule has 0 aliphatic heterocycles. The van der Waals surface area contributed by atoms with Crippen LogP contribution in [0.4, 0.5) is 20.6 Å². The van der Waals surface area contributed by atoms with E-state index in [9.17, 15) is 14.0 Å². The van der Waals surface area contributed by atoms with E-state index in [1.807, 2.05) is 42.5 Å². The smallest absolute Gasteiger partial charge is 0.411 e. The Morgan fingerprint density at radius 3 is 2.57 bits per heavy atom. The van der Waals surface area contributed by atoms with Crippen LogP contribution in [0.1, 0.15) is 4.88 Å². The zero-order chi connectivity index (χ0) is 19.9. The number of hydrogen-bond acceptors (Lipinski definition) is 4. The number of ether oxygens (including phenoxy) is 1. The van der Waals surface area contributed by atoms with Crippen LogP contribution >= 0.6 is 11.3 Å². The second kappa shape index (κ2) is 8.96. The van der Waals surface area contributed by atoms with Gasteiger partial charge in [0, 0.05) is 21.5 Å². The maximum Gasteiger partial charge on any atom is 0.411 e. The van der Waals surface area contributed by atoms with Gasteiger partial charge in [0.05, 0.1) is 12.8 Å². The monoisotopic (exact) mass is 396 g/mol. The molecule has 0 aliphatic carbocycles. The first-order valence-corrected chi connectivity index (χ1v) is 9.15. The number of amides is 2. The number of carbonyl (C=O) groups excluding carboxylic acids is 2. The Kier molecular flexibility index (Phi) is 6.18. The molecule has 142 valence electrons. The van der Waals surface area contributed by atoms with Gasteiger partial charge in [0.15, 0.2) is 0 Å². The van der Waals surface area contributed by atoms with Gasteiger partial charge in [0.2, 0.25) is 5.91 Å². The first-order valence-electron chi connectivity index (χ1n) is 8.34. The van der Waals surface area contributed by atoms with Crippen LogP contribution < -0.4 is 10.6 Å². The Balaban J connectivity index is 1.65. The lowest BCUT2D eigenvalue weighted by molar-refractivity contribution is -0.111. The Labute approximate surface area is 165 Å². The summed E-state index contributed by atoms with van der Waals surface area (Å²) in [6.45, 7) is 0. The standard InChI is InChI=1S/C21H17FN2O3S/c1-27-21(26)24-18-13-15(7-10-17(18)22)23-20(25)12-9-16-8-11-19(28-16)14-5-3-2-4-6-14/h2-13H,1H3,(H,23,25)(H,24,26)/b12-9+. The quantitative estimate of drug-likeness (QED) is 0.569. The molecule has 28 heavy (non-hydrogen) atoms. The molecule has 0 saturated carbocycles. The van der Waals surface area contributed by atoms with Gasteiger partial charge in [0.1, 0.15) is 5.82 Å². The number of benzene rings is 2. The van der Waals surface area contributed by atoms with Crippen molar-refractivity contribution in [2.75, 3.05) is 17.7 Å². The van der Waals surface area contributed by atoms with Gasteiger partial charge in [-0.2, -0.15) is 0 Å². The highest BCUT2D eigenvalue weighted by molar-refractivity contribution is 7.16. The fraction of sp³-hybridized carbons (Fsp3) is 0.0476. The second-order valence-electron chi connectivity index (χ2n) is 5.70.